The lowest BCUT2D eigenvalue weighted by Gasteiger charge is -2.22. The Balaban J connectivity index is 1.22. The molecule has 2 unspecified atom stereocenters. The van der Waals surface area contributed by atoms with E-state index in [9.17, 15) is 27.9 Å². The van der Waals surface area contributed by atoms with E-state index >= 15 is 0 Å². The number of nitrogens with zero attached hydrogens (tertiary/aromatic N) is 1. The quantitative estimate of drug-likeness (QED) is 0.460. The van der Waals surface area contributed by atoms with Gasteiger partial charge in [0.05, 0.1) is 24.8 Å². The van der Waals surface area contributed by atoms with E-state index in [1.807, 2.05) is 48.5 Å². The van der Waals surface area contributed by atoms with Crippen molar-refractivity contribution in [3.05, 3.63) is 95.1 Å². The number of carboxylic acid groups (broad SMARTS) is 1. The van der Waals surface area contributed by atoms with Crippen molar-refractivity contribution >= 4 is 12.1 Å². The summed E-state index contributed by atoms with van der Waals surface area (Å²) in [4.78, 5) is 26.0. The number of amides is 1. The van der Waals surface area contributed by atoms with Crippen LogP contribution in [0, 0.1) is 0 Å². The van der Waals surface area contributed by atoms with Crippen LogP contribution >= 0.6 is 0 Å². The highest BCUT2D eigenvalue weighted by molar-refractivity contribution is 5.81. The lowest BCUT2D eigenvalue weighted by Crippen LogP contribution is -2.41. The molecule has 3 aromatic carbocycles. The minimum atomic E-state index is -4.43. The molecule has 37 heavy (non-hydrogen) atoms. The Morgan fingerprint density at radius 3 is 2.08 bits per heavy atom. The molecule has 1 amide bonds. The number of alkyl halides is 3. The SMILES string of the molecule is O=C(O)C1CC(OCc2ccc(C(F)(F)F)cc2)CN1C(=O)OCC1c2ccccc2-c2ccccc21. The van der Waals surface area contributed by atoms with Gasteiger partial charge in [0.1, 0.15) is 12.6 Å². The molecule has 2 aliphatic rings. The normalized spacial score (nSPS) is 18.9. The second kappa shape index (κ2) is 9.89. The van der Waals surface area contributed by atoms with Crippen molar-refractivity contribution in [1.82, 2.24) is 4.90 Å². The van der Waals surface area contributed by atoms with Crippen molar-refractivity contribution < 1.29 is 37.3 Å². The molecule has 1 heterocycles. The Morgan fingerprint density at radius 1 is 0.919 bits per heavy atom. The third kappa shape index (κ3) is 5.04. The van der Waals surface area contributed by atoms with Crippen molar-refractivity contribution in [2.75, 3.05) is 13.2 Å². The average molecular weight is 511 g/mol. The molecule has 1 N–H and O–H groups in total. The fourth-order valence-electron chi connectivity index (χ4n) is 5.04. The predicted octanol–water partition coefficient (Wildman–Crippen LogP) is 5.70. The highest BCUT2D eigenvalue weighted by Crippen LogP contribution is 2.44. The van der Waals surface area contributed by atoms with E-state index in [1.165, 1.54) is 12.1 Å². The van der Waals surface area contributed by atoms with Crippen LogP contribution in [0.4, 0.5) is 18.0 Å². The van der Waals surface area contributed by atoms with E-state index in [2.05, 4.69) is 0 Å². The number of halogens is 3. The Hall–Kier alpha value is -3.85. The monoisotopic (exact) mass is 511 g/mol. The van der Waals surface area contributed by atoms with E-state index in [1.54, 1.807) is 0 Å². The van der Waals surface area contributed by atoms with Crippen LogP contribution < -0.4 is 0 Å². The van der Waals surface area contributed by atoms with Gasteiger partial charge in [-0.3, -0.25) is 4.90 Å². The zero-order valence-corrected chi connectivity index (χ0v) is 19.6. The topological polar surface area (TPSA) is 76.1 Å². The first-order valence-corrected chi connectivity index (χ1v) is 11.8. The molecule has 1 saturated heterocycles. The molecule has 2 atom stereocenters. The molecule has 0 bridgehead atoms. The molecular weight excluding hydrogens is 487 g/mol. The summed E-state index contributed by atoms with van der Waals surface area (Å²) in [5.41, 5.74) is 4.01. The van der Waals surface area contributed by atoms with Crippen LogP contribution in [0.5, 0.6) is 0 Å². The fourth-order valence-corrected chi connectivity index (χ4v) is 5.04. The number of likely N-dealkylation sites (tertiary alicyclic amines) is 1. The van der Waals surface area contributed by atoms with Crippen LogP contribution in [0.2, 0.25) is 0 Å². The molecule has 6 nitrogen and oxygen atoms in total. The van der Waals surface area contributed by atoms with Gasteiger partial charge in [0.15, 0.2) is 0 Å². The predicted molar refractivity (Wildman–Crippen MR) is 128 cm³/mol. The largest absolute Gasteiger partial charge is 0.480 e. The van der Waals surface area contributed by atoms with Gasteiger partial charge in [-0.25, -0.2) is 9.59 Å². The van der Waals surface area contributed by atoms with Gasteiger partial charge in [-0.05, 0) is 39.9 Å². The number of benzene rings is 3. The maximum Gasteiger partial charge on any atom is 0.416 e. The summed E-state index contributed by atoms with van der Waals surface area (Å²) in [5, 5.41) is 9.67. The number of fused-ring (bicyclic) bond motifs is 3. The zero-order chi connectivity index (χ0) is 26.2. The van der Waals surface area contributed by atoms with Crippen LogP contribution in [-0.2, 0) is 27.1 Å². The van der Waals surface area contributed by atoms with Gasteiger partial charge in [-0.2, -0.15) is 13.2 Å². The summed E-state index contributed by atoms with van der Waals surface area (Å²) in [6.07, 6.45) is -5.71. The standard InChI is InChI=1S/C28H24F3NO5/c29-28(30,31)18-11-9-17(10-12-18)15-36-19-13-25(26(33)34)32(14-19)27(35)37-16-24-22-7-3-1-5-20(22)21-6-2-4-8-23(21)24/h1-12,19,24-25H,13-16H2,(H,33,34). The lowest BCUT2D eigenvalue weighted by molar-refractivity contribution is -0.141. The summed E-state index contributed by atoms with van der Waals surface area (Å²) in [5.74, 6) is -1.33. The number of carbonyl (C=O) groups is 2. The Bertz CT molecular complexity index is 1260. The number of ether oxygens (including phenoxy) is 2. The zero-order valence-electron chi connectivity index (χ0n) is 19.6. The summed E-state index contributed by atoms with van der Waals surface area (Å²) >= 11 is 0. The van der Waals surface area contributed by atoms with Gasteiger partial charge in [-0.1, -0.05) is 60.7 Å². The summed E-state index contributed by atoms with van der Waals surface area (Å²) in [6.45, 7) is 0.0642. The smallest absolute Gasteiger partial charge is 0.416 e. The van der Waals surface area contributed by atoms with Crippen molar-refractivity contribution in [3.8, 4) is 11.1 Å². The first-order valence-electron chi connectivity index (χ1n) is 11.8. The van der Waals surface area contributed by atoms with E-state index in [0.29, 0.717) is 5.56 Å². The molecule has 1 aliphatic heterocycles. The van der Waals surface area contributed by atoms with Crippen LogP contribution in [-0.4, -0.2) is 47.4 Å². The van der Waals surface area contributed by atoms with Gasteiger partial charge in [0, 0.05) is 12.3 Å². The second-order valence-electron chi connectivity index (χ2n) is 9.17. The van der Waals surface area contributed by atoms with Crippen molar-refractivity contribution in [3.63, 3.8) is 0 Å². The molecular formula is C28H24F3NO5. The summed E-state index contributed by atoms with van der Waals surface area (Å²) in [6, 6.07) is 19.3. The minimum Gasteiger partial charge on any atom is -0.480 e. The van der Waals surface area contributed by atoms with Crippen molar-refractivity contribution in [2.24, 2.45) is 0 Å². The Morgan fingerprint density at radius 2 is 1.51 bits per heavy atom. The third-order valence-corrected chi connectivity index (χ3v) is 6.89. The van der Waals surface area contributed by atoms with E-state index in [4.69, 9.17) is 9.47 Å². The van der Waals surface area contributed by atoms with Crippen LogP contribution in [0.25, 0.3) is 11.1 Å². The number of hydrogen-bond acceptors (Lipinski definition) is 4. The van der Waals surface area contributed by atoms with Gasteiger partial charge in [0.2, 0.25) is 0 Å². The molecule has 0 spiro atoms. The van der Waals surface area contributed by atoms with Gasteiger partial charge < -0.3 is 14.6 Å². The molecule has 0 radical (unpaired) electrons. The van der Waals surface area contributed by atoms with Gasteiger partial charge in [-0.15, -0.1) is 0 Å². The number of carboxylic acids is 1. The molecule has 0 saturated carbocycles. The highest BCUT2D eigenvalue weighted by atomic mass is 19.4. The van der Waals surface area contributed by atoms with E-state index < -0.39 is 35.9 Å². The average Bonchev–Trinajstić information content (AvgIpc) is 3.46. The summed E-state index contributed by atoms with van der Waals surface area (Å²) in [7, 11) is 0. The minimum absolute atomic E-state index is 0.00628. The molecule has 3 aromatic rings. The number of hydrogen-bond donors (Lipinski definition) is 1. The molecule has 192 valence electrons. The van der Waals surface area contributed by atoms with Gasteiger partial charge in [0.25, 0.3) is 0 Å². The number of rotatable bonds is 6. The Kier molecular flexibility index (Phi) is 6.64. The van der Waals surface area contributed by atoms with Crippen LogP contribution in [0.3, 0.4) is 0 Å². The third-order valence-electron chi connectivity index (χ3n) is 6.89. The molecule has 5 rings (SSSR count). The van der Waals surface area contributed by atoms with Crippen molar-refractivity contribution in [1.29, 1.82) is 0 Å². The number of carbonyl (C=O) groups excluding carboxylic acids is 1. The maximum atomic E-state index is 13.0. The van der Waals surface area contributed by atoms with Gasteiger partial charge >= 0.3 is 18.2 Å². The number of aliphatic carboxylic acids is 1. The molecule has 1 fully saturated rings. The second-order valence-corrected chi connectivity index (χ2v) is 9.17. The lowest BCUT2D eigenvalue weighted by atomic mass is 9.98. The van der Waals surface area contributed by atoms with E-state index in [-0.39, 0.29) is 32.1 Å². The molecule has 0 aromatic heterocycles. The first kappa shape index (κ1) is 24.8. The fraction of sp³-hybridized carbons (Fsp3) is 0.286. The van der Waals surface area contributed by atoms with Crippen LogP contribution in [0.1, 0.15) is 34.6 Å². The Labute approximate surface area is 211 Å². The maximum absolute atomic E-state index is 13.0. The van der Waals surface area contributed by atoms with Crippen molar-refractivity contribution in [2.45, 2.75) is 37.3 Å². The van der Waals surface area contributed by atoms with Crippen LogP contribution in [0.15, 0.2) is 72.8 Å². The van der Waals surface area contributed by atoms with E-state index in [0.717, 1.165) is 39.3 Å². The highest BCUT2D eigenvalue weighted by Gasteiger charge is 2.42. The molecule has 9 heteroatoms. The summed E-state index contributed by atoms with van der Waals surface area (Å²) < 4.78 is 49.7. The first-order chi connectivity index (χ1) is 17.7. The molecule has 1 aliphatic carbocycles.